The molecule has 1 N–H and O–H groups in total. The second-order valence-corrected chi connectivity index (χ2v) is 10.1. The lowest BCUT2D eigenvalue weighted by Crippen LogP contribution is -2.59. The number of benzene rings is 2. The summed E-state index contributed by atoms with van der Waals surface area (Å²) in [4.78, 5) is 39.3. The minimum atomic E-state index is -5.26. The summed E-state index contributed by atoms with van der Waals surface area (Å²) >= 11 is 0. The fourth-order valence-corrected chi connectivity index (χ4v) is 4.93. The molecule has 246 valence electrons. The third-order valence-electron chi connectivity index (χ3n) is 7.04. The first-order valence-electron chi connectivity index (χ1n) is 12.8. The van der Waals surface area contributed by atoms with Gasteiger partial charge in [-0.15, -0.1) is 0 Å². The van der Waals surface area contributed by atoms with E-state index in [0.29, 0.717) is 34.1 Å². The summed E-state index contributed by atoms with van der Waals surface area (Å²) in [5.74, 6) is -1.13. The molecule has 1 aliphatic rings. The van der Waals surface area contributed by atoms with Crippen LogP contribution in [0, 0.1) is 0 Å². The average molecular weight is 656 g/mol. The molecular formula is C28H25F9N2O6. The Bertz CT molecular complexity index is 1470. The largest absolute Gasteiger partial charge is 0.465 e. The highest BCUT2D eigenvalue weighted by Gasteiger charge is 2.53. The molecule has 0 radical (unpaired) electrons. The van der Waals surface area contributed by atoms with E-state index in [4.69, 9.17) is 9.47 Å². The van der Waals surface area contributed by atoms with Gasteiger partial charge in [0.15, 0.2) is 5.72 Å². The normalized spacial score (nSPS) is 18.6. The van der Waals surface area contributed by atoms with Crippen molar-refractivity contribution in [3.05, 3.63) is 76.4 Å². The van der Waals surface area contributed by atoms with Crippen LogP contribution in [0.5, 0.6) is 0 Å². The molecular weight excluding hydrogens is 631 g/mol. The van der Waals surface area contributed by atoms with Crippen molar-refractivity contribution in [1.82, 2.24) is 4.90 Å². The minimum Gasteiger partial charge on any atom is -0.465 e. The number of nitrogens with zero attached hydrogens (tertiary/aromatic N) is 2. The van der Waals surface area contributed by atoms with Gasteiger partial charge in [-0.1, -0.05) is 13.5 Å². The molecule has 2 amide bonds. The van der Waals surface area contributed by atoms with Crippen LogP contribution in [0.2, 0.25) is 0 Å². The van der Waals surface area contributed by atoms with Crippen molar-refractivity contribution in [2.75, 3.05) is 12.0 Å². The number of hydrogen-bond donors (Lipinski definition) is 1. The van der Waals surface area contributed by atoms with Gasteiger partial charge in [-0.2, -0.15) is 39.5 Å². The molecule has 8 nitrogen and oxygen atoms in total. The molecule has 2 aromatic rings. The number of hydrogen-bond acceptors (Lipinski definition) is 5. The number of fused-ring (bicyclic) bond motifs is 1. The summed E-state index contributed by atoms with van der Waals surface area (Å²) in [5.41, 5.74) is -8.98. The zero-order valence-corrected chi connectivity index (χ0v) is 23.7. The lowest BCUT2D eigenvalue weighted by molar-refractivity contribution is -0.157. The molecule has 2 aromatic carbocycles. The highest BCUT2D eigenvalue weighted by atomic mass is 19.4. The molecule has 0 spiro atoms. The Kier molecular flexibility index (Phi) is 9.47. The molecule has 17 heteroatoms. The van der Waals surface area contributed by atoms with Crippen LogP contribution >= 0.6 is 0 Å². The Balaban J connectivity index is 2.36. The summed E-state index contributed by atoms with van der Waals surface area (Å²) in [6.07, 6.45) is -19.9. The summed E-state index contributed by atoms with van der Waals surface area (Å²) in [6, 6.07) is 0.479. The van der Waals surface area contributed by atoms with Gasteiger partial charge in [0, 0.05) is 25.0 Å². The van der Waals surface area contributed by atoms with Gasteiger partial charge >= 0.3 is 36.7 Å². The fraction of sp³-hybridized carbons (Fsp3) is 0.393. The van der Waals surface area contributed by atoms with Gasteiger partial charge in [-0.05, 0) is 54.4 Å². The van der Waals surface area contributed by atoms with E-state index in [1.54, 1.807) is 0 Å². The zero-order chi connectivity index (χ0) is 34.3. The Hall–Kier alpha value is -4.44. The Morgan fingerprint density at radius 2 is 1.49 bits per heavy atom. The lowest BCUT2D eigenvalue weighted by Gasteiger charge is -2.49. The average Bonchev–Trinajstić information content (AvgIpc) is 2.92. The number of carbonyl (C=O) groups excluding carboxylic acids is 2. The Labute approximate surface area is 249 Å². The molecule has 1 aliphatic heterocycles. The summed E-state index contributed by atoms with van der Waals surface area (Å²) in [7, 11) is 0.802. The van der Waals surface area contributed by atoms with Gasteiger partial charge in [0.25, 0.3) is 0 Å². The van der Waals surface area contributed by atoms with Crippen LogP contribution in [-0.4, -0.2) is 41.0 Å². The minimum absolute atomic E-state index is 0.151. The third kappa shape index (κ3) is 7.28. The maximum Gasteiger partial charge on any atom is 0.416 e. The van der Waals surface area contributed by atoms with E-state index in [1.165, 1.54) is 13.8 Å². The predicted molar refractivity (Wildman–Crippen MR) is 138 cm³/mol. The standard InChI is InChI=1S/C28H25F9N2O6/c1-5-25(45-22(40)14(2)3)12-21(19-11-16(26(29,30)31)6-7-20(19)39(25)23(41)42)38(24(43)44-4)13-15-8-17(27(32,33)34)10-18(9-15)28(35,36)37/h6-11,21H,2,5,12-13H2,1,3-4H3,(H,41,42). The van der Waals surface area contributed by atoms with E-state index in [0.717, 1.165) is 13.2 Å². The van der Waals surface area contributed by atoms with Crippen molar-refractivity contribution >= 4 is 23.8 Å². The molecule has 45 heavy (non-hydrogen) atoms. The zero-order valence-electron chi connectivity index (χ0n) is 23.7. The van der Waals surface area contributed by atoms with Crippen LogP contribution in [-0.2, 0) is 39.3 Å². The highest BCUT2D eigenvalue weighted by Crippen LogP contribution is 2.50. The molecule has 0 bridgehead atoms. The van der Waals surface area contributed by atoms with E-state index < -0.39 is 94.9 Å². The maximum atomic E-state index is 13.8. The van der Waals surface area contributed by atoms with Crippen molar-refractivity contribution in [1.29, 1.82) is 0 Å². The van der Waals surface area contributed by atoms with Gasteiger partial charge in [-0.25, -0.2) is 19.3 Å². The SMILES string of the molecule is C=C(C)C(=O)OC1(CC)CC(N(Cc2cc(C(F)(F)F)cc(C(F)(F)F)c2)C(=O)OC)c2cc(C(F)(F)F)ccc2N1C(=O)O. The number of methoxy groups -OCH3 is 1. The Morgan fingerprint density at radius 1 is 0.956 bits per heavy atom. The molecule has 0 aromatic heterocycles. The Morgan fingerprint density at radius 3 is 1.91 bits per heavy atom. The fourth-order valence-electron chi connectivity index (χ4n) is 4.93. The smallest absolute Gasteiger partial charge is 0.416 e. The molecule has 2 unspecified atom stereocenters. The lowest BCUT2D eigenvalue weighted by atomic mass is 9.85. The monoisotopic (exact) mass is 656 g/mol. The number of carboxylic acid groups (broad SMARTS) is 1. The van der Waals surface area contributed by atoms with E-state index in [-0.39, 0.29) is 18.1 Å². The molecule has 0 saturated carbocycles. The summed E-state index contributed by atoms with van der Waals surface area (Å²) in [6.45, 7) is 4.89. The summed E-state index contributed by atoms with van der Waals surface area (Å²) in [5, 5.41) is 10.1. The van der Waals surface area contributed by atoms with Crippen LogP contribution in [0.3, 0.4) is 0 Å². The number of halogens is 9. The third-order valence-corrected chi connectivity index (χ3v) is 7.04. The van der Waals surface area contributed by atoms with Crippen molar-refractivity contribution in [3.63, 3.8) is 0 Å². The van der Waals surface area contributed by atoms with Gasteiger partial charge in [0.2, 0.25) is 0 Å². The quantitative estimate of drug-likeness (QED) is 0.192. The van der Waals surface area contributed by atoms with E-state index >= 15 is 0 Å². The summed E-state index contributed by atoms with van der Waals surface area (Å²) < 4.78 is 133. The van der Waals surface area contributed by atoms with Crippen molar-refractivity contribution in [2.45, 2.75) is 63.5 Å². The van der Waals surface area contributed by atoms with E-state index in [2.05, 4.69) is 6.58 Å². The van der Waals surface area contributed by atoms with Gasteiger partial charge < -0.3 is 14.6 Å². The second-order valence-electron chi connectivity index (χ2n) is 10.1. The molecule has 1 heterocycles. The van der Waals surface area contributed by atoms with Crippen molar-refractivity contribution < 1.29 is 68.5 Å². The van der Waals surface area contributed by atoms with Crippen molar-refractivity contribution in [2.24, 2.45) is 0 Å². The van der Waals surface area contributed by atoms with Crippen LogP contribution in [0.1, 0.15) is 60.5 Å². The maximum absolute atomic E-state index is 13.8. The number of esters is 1. The van der Waals surface area contributed by atoms with Gasteiger partial charge in [0.05, 0.1) is 35.5 Å². The number of rotatable bonds is 6. The molecule has 0 aliphatic carbocycles. The number of anilines is 1. The van der Waals surface area contributed by atoms with E-state index in [9.17, 15) is 59.0 Å². The molecule has 0 fully saturated rings. The first kappa shape index (κ1) is 35.0. The van der Waals surface area contributed by atoms with Crippen LogP contribution in [0.25, 0.3) is 0 Å². The van der Waals surface area contributed by atoms with E-state index in [1.807, 2.05) is 0 Å². The first-order valence-corrected chi connectivity index (χ1v) is 12.8. The van der Waals surface area contributed by atoms with Crippen LogP contribution in [0.15, 0.2) is 48.6 Å². The molecule has 2 atom stereocenters. The highest BCUT2D eigenvalue weighted by molar-refractivity contribution is 5.92. The van der Waals surface area contributed by atoms with Crippen LogP contribution < -0.4 is 4.90 Å². The molecule has 3 rings (SSSR count). The molecule has 0 saturated heterocycles. The number of amides is 2. The second kappa shape index (κ2) is 12.2. The van der Waals surface area contributed by atoms with Gasteiger partial charge in [-0.3, -0.25) is 4.90 Å². The number of alkyl halides is 9. The van der Waals surface area contributed by atoms with Crippen LogP contribution in [0.4, 0.5) is 54.8 Å². The topological polar surface area (TPSA) is 96.4 Å². The predicted octanol–water partition coefficient (Wildman–Crippen LogP) is 8.17. The van der Waals surface area contributed by atoms with Gasteiger partial charge in [0.1, 0.15) is 0 Å². The number of carbonyl (C=O) groups is 3. The number of ether oxygens (including phenoxy) is 2. The first-order chi connectivity index (χ1) is 20.6. The van der Waals surface area contributed by atoms with Crippen molar-refractivity contribution in [3.8, 4) is 0 Å².